The summed E-state index contributed by atoms with van der Waals surface area (Å²) in [7, 11) is 0. The van der Waals surface area contributed by atoms with Crippen LogP contribution < -0.4 is 5.56 Å². The summed E-state index contributed by atoms with van der Waals surface area (Å²) in [6, 6.07) is 9.23. The first-order chi connectivity index (χ1) is 14.1. The Bertz CT molecular complexity index is 1310. The van der Waals surface area contributed by atoms with Crippen molar-refractivity contribution in [2.24, 2.45) is 0 Å². The summed E-state index contributed by atoms with van der Waals surface area (Å²) in [4.78, 5) is 29.6. The van der Waals surface area contributed by atoms with Gasteiger partial charge in [0.15, 0.2) is 6.10 Å². The van der Waals surface area contributed by atoms with E-state index in [2.05, 4.69) is 11.8 Å². The third-order valence-electron chi connectivity index (χ3n) is 5.31. The second-order valence-electron chi connectivity index (χ2n) is 6.97. The highest BCUT2D eigenvalue weighted by Gasteiger charge is 2.34. The fourth-order valence-corrected chi connectivity index (χ4v) is 3.92. The molecule has 1 atom stereocenters. The van der Waals surface area contributed by atoms with Crippen LogP contribution in [-0.2, 0) is 22.7 Å². The van der Waals surface area contributed by atoms with Crippen LogP contribution in [0.2, 0.25) is 0 Å². The standard InChI is InChI=1S/C22H16N2O5/c25-8-4-3-5-12-13-6-1-2-7-17(13)23-19-15(12)10-24-18(19)9-14-16(21(24)27)11-29-22(28)20(14)26/h1-2,6-7,9,20,25-26H,4,8,10-11H2/t20-/m0/s1. The molecule has 1 aromatic carbocycles. The van der Waals surface area contributed by atoms with Crippen LogP contribution in [0.25, 0.3) is 22.3 Å². The van der Waals surface area contributed by atoms with Gasteiger partial charge < -0.3 is 19.5 Å². The number of cyclic esters (lactones) is 1. The minimum atomic E-state index is -1.48. The number of pyridine rings is 2. The number of hydrogen-bond acceptors (Lipinski definition) is 6. The number of ether oxygens (including phenoxy) is 1. The van der Waals surface area contributed by atoms with Crippen molar-refractivity contribution in [2.45, 2.75) is 25.7 Å². The number of aromatic nitrogens is 2. The van der Waals surface area contributed by atoms with E-state index in [4.69, 9.17) is 14.8 Å². The first kappa shape index (κ1) is 17.6. The van der Waals surface area contributed by atoms with E-state index in [-0.39, 0.29) is 29.9 Å². The topological polar surface area (TPSA) is 102 Å². The zero-order valence-electron chi connectivity index (χ0n) is 15.3. The van der Waals surface area contributed by atoms with E-state index < -0.39 is 12.1 Å². The van der Waals surface area contributed by atoms with Gasteiger partial charge in [-0.05, 0) is 12.1 Å². The molecule has 0 saturated heterocycles. The Morgan fingerprint density at radius 2 is 2.07 bits per heavy atom. The van der Waals surface area contributed by atoms with Gasteiger partial charge in [-0.15, -0.1) is 0 Å². The van der Waals surface area contributed by atoms with Crippen molar-refractivity contribution < 1.29 is 19.7 Å². The highest BCUT2D eigenvalue weighted by molar-refractivity contribution is 5.91. The summed E-state index contributed by atoms with van der Waals surface area (Å²) < 4.78 is 6.50. The molecule has 0 aliphatic carbocycles. The molecule has 7 nitrogen and oxygen atoms in total. The fourth-order valence-electron chi connectivity index (χ4n) is 3.92. The molecule has 4 heterocycles. The number of carbonyl (C=O) groups is 1. The molecule has 0 fully saturated rings. The number of aliphatic hydroxyl groups excluding tert-OH is 2. The molecule has 2 aromatic heterocycles. The van der Waals surface area contributed by atoms with Crippen LogP contribution in [0, 0.1) is 11.8 Å². The average molecular weight is 388 g/mol. The molecule has 0 unspecified atom stereocenters. The number of fused-ring (bicyclic) bond motifs is 5. The minimum absolute atomic E-state index is 0.0312. The predicted molar refractivity (Wildman–Crippen MR) is 104 cm³/mol. The van der Waals surface area contributed by atoms with Crippen LogP contribution in [0.1, 0.15) is 34.8 Å². The third-order valence-corrected chi connectivity index (χ3v) is 5.31. The van der Waals surface area contributed by atoms with Gasteiger partial charge in [0, 0.05) is 28.5 Å². The smallest absolute Gasteiger partial charge is 0.340 e. The summed E-state index contributed by atoms with van der Waals surface area (Å²) >= 11 is 0. The first-order valence-electron chi connectivity index (χ1n) is 9.23. The van der Waals surface area contributed by atoms with Gasteiger partial charge in [0.05, 0.1) is 35.6 Å². The number of aliphatic hydroxyl groups is 2. The van der Waals surface area contributed by atoms with Crippen molar-refractivity contribution in [3.8, 4) is 23.2 Å². The van der Waals surface area contributed by atoms with Gasteiger partial charge >= 0.3 is 5.97 Å². The predicted octanol–water partition coefficient (Wildman–Crippen LogP) is 1.25. The molecule has 29 heavy (non-hydrogen) atoms. The Morgan fingerprint density at radius 1 is 1.24 bits per heavy atom. The van der Waals surface area contributed by atoms with E-state index in [0.29, 0.717) is 24.4 Å². The van der Waals surface area contributed by atoms with E-state index in [0.717, 1.165) is 22.0 Å². The number of para-hydroxylation sites is 1. The van der Waals surface area contributed by atoms with Crippen molar-refractivity contribution in [3.05, 3.63) is 62.9 Å². The van der Waals surface area contributed by atoms with Gasteiger partial charge in [0.1, 0.15) is 6.61 Å². The summed E-state index contributed by atoms with van der Waals surface area (Å²) in [5.74, 6) is 5.34. The first-order valence-corrected chi connectivity index (χ1v) is 9.23. The van der Waals surface area contributed by atoms with Gasteiger partial charge in [-0.25, -0.2) is 9.78 Å². The van der Waals surface area contributed by atoms with Crippen LogP contribution in [-0.4, -0.2) is 32.3 Å². The van der Waals surface area contributed by atoms with Crippen molar-refractivity contribution in [2.75, 3.05) is 6.61 Å². The van der Waals surface area contributed by atoms with Crippen LogP contribution in [0.15, 0.2) is 35.1 Å². The number of benzene rings is 1. The average Bonchev–Trinajstić information content (AvgIpc) is 3.09. The molecule has 2 N–H and O–H groups in total. The number of hydrogen-bond donors (Lipinski definition) is 2. The third kappa shape index (κ3) is 2.58. The Hall–Kier alpha value is -3.47. The number of nitrogens with zero attached hydrogens (tertiary/aromatic N) is 2. The molecule has 0 amide bonds. The highest BCUT2D eigenvalue weighted by atomic mass is 16.5. The lowest BCUT2D eigenvalue weighted by atomic mass is 9.98. The van der Waals surface area contributed by atoms with Gasteiger partial charge in [0.2, 0.25) is 0 Å². The molecule has 5 rings (SSSR count). The Kier molecular flexibility index (Phi) is 3.98. The normalized spacial score (nSPS) is 16.5. The van der Waals surface area contributed by atoms with E-state index in [1.54, 1.807) is 10.6 Å². The summed E-state index contributed by atoms with van der Waals surface area (Å²) in [5.41, 5.74) is 3.73. The van der Waals surface area contributed by atoms with Crippen LogP contribution >= 0.6 is 0 Å². The molecule has 2 aliphatic rings. The van der Waals surface area contributed by atoms with E-state index in [9.17, 15) is 14.7 Å². The van der Waals surface area contributed by atoms with Crippen molar-refractivity contribution >= 4 is 16.9 Å². The number of carbonyl (C=O) groups excluding carboxylic acids is 1. The zero-order chi connectivity index (χ0) is 20.1. The second-order valence-corrected chi connectivity index (χ2v) is 6.97. The lowest BCUT2D eigenvalue weighted by Gasteiger charge is -2.21. The summed E-state index contributed by atoms with van der Waals surface area (Å²) in [6.07, 6.45) is -1.14. The van der Waals surface area contributed by atoms with Crippen molar-refractivity contribution in [3.63, 3.8) is 0 Å². The molecule has 144 valence electrons. The van der Waals surface area contributed by atoms with Crippen LogP contribution in [0.3, 0.4) is 0 Å². The lowest BCUT2D eigenvalue weighted by Crippen LogP contribution is -2.32. The van der Waals surface area contributed by atoms with Gasteiger partial charge in [0.25, 0.3) is 5.56 Å². The molecule has 2 aliphatic heterocycles. The lowest BCUT2D eigenvalue weighted by molar-refractivity contribution is -0.157. The number of rotatable bonds is 1. The Labute approximate surface area is 165 Å². The Balaban J connectivity index is 1.80. The molecular weight excluding hydrogens is 372 g/mol. The van der Waals surface area contributed by atoms with Gasteiger partial charge in [-0.2, -0.15) is 0 Å². The largest absolute Gasteiger partial charge is 0.458 e. The molecule has 0 spiro atoms. The van der Waals surface area contributed by atoms with Crippen molar-refractivity contribution in [1.82, 2.24) is 9.55 Å². The maximum absolute atomic E-state index is 13.1. The van der Waals surface area contributed by atoms with Crippen molar-refractivity contribution in [1.29, 1.82) is 0 Å². The van der Waals surface area contributed by atoms with E-state index in [1.165, 1.54) is 0 Å². The number of esters is 1. The summed E-state index contributed by atoms with van der Waals surface area (Å²) in [5, 5.41) is 20.2. The maximum atomic E-state index is 13.1. The highest BCUT2D eigenvalue weighted by Crippen LogP contribution is 2.37. The molecule has 0 saturated carbocycles. The van der Waals surface area contributed by atoms with Crippen LogP contribution in [0.4, 0.5) is 0 Å². The maximum Gasteiger partial charge on any atom is 0.340 e. The fraction of sp³-hybridized carbons (Fsp3) is 0.227. The monoisotopic (exact) mass is 388 g/mol. The minimum Gasteiger partial charge on any atom is -0.458 e. The quantitative estimate of drug-likeness (QED) is 0.376. The van der Waals surface area contributed by atoms with Crippen LogP contribution in [0.5, 0.6) is 0 Å². The zero-order valence-corrected chi connectivity index (χ0v) is 15.3. The van der Waals surface area contributed by atoms with Gasteiger partial charge in [-0.1, -0.05) is 30.0 Å². The van der Waals surface area contributed by atoms with E-state index >= 15 is 0 Å². The SMILES string of the molecule is O=C1OCc2c(cc3n(c2=O)Cc2c-3nc3ccccc3c2C#CCCO)[C@@H]1O. The second kappa shape index (κ2) is 6.55. The molecule has 0 bridgehead atoms. The molecule has 7 heteroatoms. The van der Waals surface area contributed by atoms with E-state index in [1.807, 2.05) is 24.3 Å². The molecule has 3 aromatic rings. The molecular formula is C22H16N2O5. The molecule has 0 radical (unpaired) electrons. The van der Waals surface area contributed by atoms with Gasteiger partial charge in [-0.3, -0.25) is 4.79 Å². The Morgan fingerprint density at radius 3 is 2.90 bits per heavy atom. The summed E-state index contributed by atoms with van der Waals surface area (Å²) in [6.45, 7) is 0.109.